The van der Waals surface area contributed by atoms with Crippen molar-refractivity contribution in [2.45, 2.75) is 32.2 Å². The number of carboxylic acid groups (broad SMARTS) is 1. The highest BCUT2D eigenvalue weighted by Gasteiger charge is 2.18. The molecule has 0 aromatic heterocycles. The van der Waals surface area contributed by atoms with Crippen LogP contribution in [-0.4, -0.2) is 29.6 Å². The molecule has 32 heavy (non-hydrogen) atoms. The summed E-state index contributed by atoms with van der Waals surface area (Å²) < 4.78 is 0. The van der Waals surface area contributed by atoms with E-state index in [9.17, 15) is 9.59 Å². The van der Waals surface area contributed by atoms with Gasteiger partial charge in [-0.3, -0.25) is 9.59 Å². The zero-order chi connectivity index (χ0) is 23.1. The molecule has 5 heteroatoms. The standard InChI is InChI=1S/C27H30N2O3/c1-18(2)24(22-14-12-21(13-15-22)20-6-4-3-5-7-20)17-29-26(30)23-10-8-19(9-11-23)16-25(28)27(31)32/h3-15,18,24-25H,16-17,28H2,1-2H3,(H,29,30)(H,31,32)/t24-,25-/m0/s1. The molecule has 4 N–H and O–H groups in total. The Labute approximate surface area is 189 Å². The molecule has 0 unspecified atom stereocenters. The van der Waals surface area contributed by atoms with Crippen molar-refractivity contribution < 1.29 is 14.7 Å². The number of aliphatic carboxylic acids is 1. The predicted molar refractivity (Wildman–Crippen MR) is 128 cm³/mol. The highest BCUT2D eigenvalue weighted by molar-refractivity contribution is 5.94. The second kappa shape index (κ2) is 10.7. The van der Waals surface area contributed by atoms with E-state index in [0.717, 1.165) is 5.56 Å². The van der Waals surface area contributed by atoms with Crippen LogP contribution in [-0.2, 0) is 11.2 Å². The first-order chi connectivity index (χ1) is 15.3. The second-order valence-corrected chi connectivity index (χ2v) is 8.39. The monoisotopic (exact) mass is 430 g/mol. The molecule has 0 saturated heterocycles. The van der Waals surface area contributed by atoms with Crippen LogP contribution in [0.1, 0.15) is 41.3 Å². The van der Waals surface area contributed by atoms with Crippen molar-refractivity contribution in [2.75, 3.05) is 6.54 Å². The molecule has 0 saturated carbocycles. The van der Waals surface area contributed by atoms with E-state index in [1.165, 1.54) is 16.7 Å². The lowest BCUT2D eigenvalue weighted by atomic mass is 9.87. The molecular formula is C27H30N2O3. The number of hydrogen-bond donors (Lipinski definition) is 3. The minimum Gasteiger partial charge on any atom is -0.480 e. The van der Waals surface area contributed by atoms with E-state index in [0.29, 0.717) is 18.0 Å². The third kappa shape index (κ3) is 6.05. The van der Waals surface area contributed by atoms with Gasteiger partial charge in [0, 0.05) is 18.0 Å². The quantitative estimate of drug-likeness (QED) is 0.467. The number of carboxylic acids is 1. The van der Waals surface area contributed by atoms with Crippen LogP contribution in [0.3, 0.4) is 0 Å². The molecule has 0 bridgehead atoms. The van der Waals surface area contributed by atoms with Gasteiger partial charge in [-0.25, -0.2) is 0 Å². The van der Waals surface area contributed by atoms with Crippen molar-refractivity contribution in [3.63, 3.8) is 0 Å². The lowest BCUT2D eigenvalue weighted by Gasteiger charge is -2.22. The largest absolute Gasteiger partial charge is 0.480 e. The van der Waals surface area contributed by atoms with Crippen LogP contribution in [0.25, 0.3) is 11.1 Å². The normalized spacial score (nSPS) is 12.9. The summed E-state index contributed by atoms with van der Waals surface area (Å²) in [6.45, 7) is 4.84. The van der Waals surface area contributed by atoms with Gasteiger partial charge >= 0.3 is 5.97 Å². The van der Waals surface area contributed by atoms with E-state index >= 15 is 0 Å². The number of hydrogen-bond acceptors (Lipinski definition) is 3. The van der Waals surface area contributed by atoms with Crippen LogP contribution < -0.4 is 11.1 Å². The number of carbonyl (C=O) groups is 2. The fraction of sp³-hybridized carbons (Fsp3) is 0.259. The van der Waals surface area contributed by atoms with Crippen LogP contribution in [0, 0.1) is 5.92 Å². The van der Waals surface area contributed by atoms with Gasteiger partial charge in [-0.2, -0.15) is 0 Å². The van der Waals surface area contributed by atoms with Crippen molar-refractivity contribution in [1.82, 2.24) is 5.32 Å². The molecule has 0 aliphatic heterocycles. The molecule has 166 valence electrons. The van der Waals surface area contributed by atoms with Crippen LogP contribution in [0.5, 0.6) is 0 Å². The molecule has 5 nitrogen and oxygen atoms in total. The molecule has 0 heterocycles. The van der Waals surface area contributed by atoms with Gasteiger partial charge in [0.15, 0.2) is 0 Å². The van der Waals surface area contributed by atoms with Gasteiger partial charge < -0.3 is 16.2 Å². The highest BCUT2D eigenvalue weighted by atomic mass is 16.4. The molecular weight excluding hydrogens is 400 g/mol. The van der Waals surface area contributed by atoms with Crippen molar-refractivity contribution in [3.05, 3.63) is 95.6 Å². The number of carbonyl (C=O) groups excluding carboxylic acids is 1. The number of rotatable bonds is 9. The summed E-state index contributed by atoms with van der Waals surface area (Å²) in [4.78, 5) is 23.6. The third-order valence-electron chi connectivity index (χ3n) is 5.72. The minimum atomic E-state index is -1.04. The summed E-state index contributed by atoms with van der Waals surface area (Å²) >= 11 is 0. The Balaban J connectivity index is 1.63. The number of nitrogens with one attached hydrogen (secondary N) is 1. The summed E-state index contributed by atoms with van der Waals surface area (Å²) in [6.07, 6.45) is 0.228. The lowest BCUT2D eigenvalue weighted by molar-refractivity contribution is -0.138. The predicted octanol–water partition coefficient (Wildman–Crippen LogP) is 4.48. The molecule has 3 rings (SSSR count). The van der Waals surface area contributed by atoms with E-state index < -0.39 is 12.0 Å². The Kier molecular flexibility index (Phi) is 7.79. The summed E-state index contributed by atoms with van der Waals surface area (Å²) in [7, 11) is 0. The fourth-order valence-corrected chi connectivity index (χ4v) is 3.73. The smallest absolute Gasteiger partial charge is 0.320 e. The first kappa shape index (κ1) is 23.2. The van der Waals surface area contributed by atoms with Gasteiger partial charge in [0.05, 0.1) is 0 Å². The summed E-state index contributed by atoms with van der Waals surface area (Å²) in [5, 5.41) is 12.0. The number of benzene rings is 3. The van der Waals surface area contributed by atoms with Crippen LogP contribution >= 0.6 is 0 Å². The molecule has 0 aliphatic carbocycles. The zero-order valence-electron chi connectivity index (χ0n) is 18.5. The topological polar surface area (TPSA) is 92.4 Å². The Morgan fingerprint density at radius 2 is 1.47 bits per heavy atom. The van der Waals surface area contributed by atoms with Crippen LogP contribution in [0.2, 0.25) is 0 Å². The Morgan fingerprint density at radius 1 is 0.875 bits per heavy atom. The van der Waals surface area contributed by atoms with Crippen molar-refractivity contribution in [2.24, 2.45) is 11.7 Å². The molecule has 0 spiro atoms. The average Bonchev–Trinajstić information content (AvgIpc) is 2.80. The van der Waals surface area contributed by atoms with Crippen molar-refractivity contribution in [3.8, 4) is 11.1 Å². The molecule has 0 aliphatic rings. The maximum atomic E-state index is 12.7. The first-order valence-electron chi connectivity index (χ1n) is 10.9. The third-order valence-corrected chi connectivity index (χ3v) is 5.72. The molecule has 3 aromatic carbocycles. The molecule has 0 radical (unpaired) electrons. The van der Waals surface area contributed by atoms with Crippen LogP contribution in [0.4, 0.5) is 0 Å². The lowest BCUT2D eigenvalue weighted by Crippen LogP contribution is -2.32. The molecule has 1 amide bonds. The van der Waals surface area contributed by atoms with E-state index in [4.69, 9.17) is 10.8 Å². The summed E-state index contributed by atoms with van der Waals surface area (Å²) in [5.41, 5.74) is 10.4. The summed E-state index contributed by atoms with van der Waals surface area (Å²) in [6, 6.07) is 24.8. The Morgan fingerprint density at radius 3 is 2.03 bits per heavy atom. The Hall–Kier alpha value is -3.44. The van der Waals surface area contributed by atoms with E-state index in [-0.39, 0.29) is 18.2 Å². The maximum Gasteiger partial charge on any atom is 0.320 e. The molecule has 2 atom stereocenters. The molecule has 3 aromatic rings. The van der Waals surface area contributed by atoms with Crippen molar-refractivity contribution in [1.29, 1.82) is 0 Å². The van der Waals surface area contributed by atoms with Gasteiger partial charge in [-0.05, 0) is 46.7 Å². The Bertz CT molecular complexity index is 1030. The number of nitrogens with two attached hydrogens (primary N) is 1. The highest BCUT2D eigenvalue weighted by Crippen LogP contribution is 2.27. The summed E-state index contributed by atoms with van der Waals surface area (Å²) in [5.74, 6) is -0.636. The second-order valence-electron chi connectivity index (χ2n) is 8.39. The number of amides is 1. The average molecular weight is 431 g/mol. The minimum absolute atomic E-state index is 0.148. The SMILES string of the molecule is CC(C)[C@H](CNC(=O)c1ccc(C[C@H](N)C(=O)O)cc1)c1ccc(-c2ccccc2)cc1. The molecule has 0 fully saturated rings. The van der Waals surface area contributed by atoms with Gasteiger partial charge in [0.1, 0.15) is 6.04 Å². The first-order valence-corrected chi connectivity index (χ1v) is 10.9. The van der Waals surface area contributed by atoms with E-state index in [2.05, 4.69) is 55.6 Å². The fourth-order valence-electron chi connectivity index (χ4n) is 3.73. The zero-order valence-corrected chi connectivity index (χ0v) is 18.5. The maximum absolute atomic E-state index is 12.7. The van der Waals surface area contributed by atoms with Gasteiger partial charge in [-0.15, -0.1) is 0 Å². The van der Waals surface area contributed by atoms with E-state index in [1.54, 1.807) is 24.3 Å². The van der Waals surface area contributed by atoms with Gasteiger partial charge in [0.25, 0.3) is 5.91 Å². The van der Waals surface area contributed by atoms with Crippen molar-refractivity contribution >= 4 is 11.9 Å². The van der Waals surface area contributed by atoms with Gasteiger partial charge in [0.2, 0.25) is 0 Å². The van der Waals surface area contributed by atoms with Crippen LogP contribution in [0.15, 0.2) is 78.9 Å². The van der Waals surface area contributed by atoms with Gasteiger partial charge in [-0.1, -0.05) is 80.6 Å². The van der Waals surface area contributed by atoms with E-state index in [1.807, 2.05) is 18.2 Å².